The van der Waals surface area contributed by atoms with Crippen molar-refractivity contribution in [2.45, 2.75) is 19.4 Å². The number of thiophene rings is 1. The molecule has 2 N–H and O–H groups in total. The van der Waals surface area contributed by atoms with Gasteiger partial charge in [0.2, 0.25) is 5.91 Å². The molecule has 102 valence electrons. The molecule has 2 atom stereocenters. The second-order valence-corrected chi connectivity index (χ2v) is 6.26. The van der Waals surface area contributed by atoms with Crippen LogP contribution in [-0.4, -0.2) is 17.0 Å². The van der Waals surface area contributed by atoms with Crippen LogP contribution in [-0.2, 0) is 16.1 Å². The summed E-state index contributed by atoms with van der Waals surface area (Å²) in [6, 6.07) is 1.93. The van der Waals surface area contributed by atoms with Gasteiger partial charge in [-0.05, 0) is 40.2 Å². The lowest BCUT2D eigenvalue weighted by molar-refractivity contribution is -0.147. The van der Waals surface area contributed by atoms with Crippen LogP contribution in [0.1, 0.15) is 17.7 Å². The molecule has 1 aliphatic rings. The van der Waals surface area contributed by atoms with Crippen LogP contribution in [0.2, 0.25) is 0 Å². The van der Waals surface area contributed by atoms with E-state index < -0.39 is 17.8 Å². The zero-order valence-corrected chi connectivity index (χ0v) is 12.5. The van der Waals surface area contributed by atoms with Crippen LogP contribution in [0.15, 0.2) is 28.1 Å². The number of carbonyl (C=O) groups excluding carboxylic acids is 1. The van der Waals surface area contributed by atoms with Crippen LogP contribution in [0.3, 0.4) is 0 Å². The minimum atomic E-state index is -0.901. The summed E-state index contributed by atoms with van der Waals surface area (Å²) in [4.78, 5) is 24.3. The van der Waals surface area contributed by atoms with Crippen molar-refractivity contribution in [1.29, 1.82) is 0 Å². The van der Waals surface area contributed by atoms with Gasteiger partial charge in [0.25, 0.3) is 0 Å². The second kappa shape index (κ2) is 6.34. The highest BCUT2D eigenvalue weighted by Gasteiger charge is 2.33. The van der Waals surface area contributed by atoms with Crippen molar-refractivity contribution in [2.75, 3.05) is 0 Å². The molecule has 6 heteroatoms. The molecule has 1 aliphatic carbocycles. The normalized spacial score (nSPS) is 22.2. The first-order chi connectivity index (χ1) is 9.09. The van der Waals surface area contributed by atoms with Gasteiger partial charge in [-0.15, -0.1) is 11.3 Å². The molecule has 2 unspecified atom stereocenters. The van der Waals surface area contributed by atoms with E-state index in [4.69, 9.17) is 5.11 Å². The van der Waals surface area contributed by atoms with Gasteiger partial charge in [0.1, 0.15) is 0 Å². The minimum absolute atomic E-state index is 0.183. The van der Waals surface area contributed by atoms with Crippen molar-refractivity contribution < 1.29 is 14.7 Å². The fourth-order valence-corrected chi connectivity index (χ4v) is 3.56. The van der Waals surface area contributed by atoms with Gasteiger partial charge in [-0.1, -0.05) is 12.2 Å². The van der Waals surface area contributed by atoms with Gasteiger partial charge in [-0.25, -0.2) is 0 Å². The highest BCUT2D eigenvalue weighted by atomic mass is 79.9. The van der Waals surface area contributed by atoms with Crippen molar-refractivity contribution in [1.82, 2.24) is 5.32 Å². The highest BCUT2D eigenvalue weighted by molar-refractivity contribution is 9.10. The summed E-state index contributed by atoms with van der Waals surface area (Å²) in [6.45, 7) is 0.434. The summed E-state index contributed by atoms with van der Waals surface area (Å²) in [5.41, 5.74) is 0. The Morgan fingerprint density at radius 1 is 1.37 bits per heavy atom. The number of aliphatic carboxylic acids is 1. The van der Waals surface area contributed by atoms with Crippen LogP contribution in [0.25, 0.3) is 0 Å². The van der Waals surface area contributed by atoms with E-state index in [1.165, 1.54) is 0 Å². The average Bonchev–Trinajstić information content (AvgIpc) is 2.81. The van der Waals surface area contributed by atoms with E-state index in [9.17, 15) is 9.59 Å². The summed E-state index contributed by atoms with van der Waals surface area (Å²) < 4.78 is 0.969. The maximum atomic E-state index is 12.1. The summed E-state index contributed by atoms with van der Waals surface area (Å²) in [7, 11) is 0. The lowest BCUT2D eigenvalue weighted by Gasteiger charge is -2.24. The van der Waals surface area contributed by atoms with Crippen LogP contribution in [0.4, 0.5) is 0 Å². The molecule has 0 bridgehead atoms. The van der Waals surface area contributed by atoms with Gasteiger partial charge in [0.05, 0.1) is 18.4 Å². The summed E-state index contributed by atoms with van der Waals surface area (Å²) in [5.74, 6) is -2.17. The number of hydrogen-bond donors (Lipinski definition) is 2. The monoisotopic (exact) mass is 343 g/mol. The third kappa shape index (κ3) is 3.45. The first-order valence-corrected chi connectivity index (χ1v) is 7.64. The molecule has 0 aromatic carbocycles. The van der Waals surface area contributed by atoms with Crippen LogP contribution >= 0.6 is 27.3 Å². The van der Waals surface area contributed by atoms with E-state index in [-0.39, 0.29) is 5.91 Å². The lowest BCUT2D eigenvalue weighted by atomic mass is 9.82. The standard InChI is InChI=1S/C13H14BrNO3S/c14-10-5-6-19-11(10)7-15-12(16)8-3-1-2-4-9(8)13(17)18/h1-2,5-6,8-9H,3-4,7H2,(H,15,16)(H,17,18). The van der Waals surface area contributed by atoms with Crippen LogP contribution < -0.4 is 5.32 Å². The molecule has 0 fully saturated rings. The Morgan fingerprint density at radius 2 is 2.05 bits per heavy atom. The summed E-state index contributed by atoms with van der Waals surface area (Å²) in [5, 5.41) is 13.9. The van der Waals surface area contributed by atoms with Gasteiger partial charge in [0, 0.05) is 9.35 Å². The van der Waals surface area contributed by atoms with E-state index in [1.54, 1.807) is 11.3 Å². The number of carbonyl (C=O) groups is 2. The van der Waals surface area contributed by atoms with E-state index >= 15 is 0 Å². The van der Waals surface area contributed by atoms with E-state index in [0.29, 0.717) is 19.4 Å². The molecule has 0 saturated heterocycles. The fraction of sp³-hybridized carbons (Fsp3) is 0.385. The molecule has 1 amide bonds. The van der Waals surface area contributed by atoms with Crippen molar-refractivity contribution in [2.24, 2.45) is 11.8 Å². The number of rotatable bonds is 4. The lowest BCUT2D eigenvalue weighted by Crippen LogP contribution is -2.38. The van der Waals surface area contributed by atoms with Crippen LogP contribution in [0, 0.1) is 11.8 Å². The Labute approximate surface area is 123 Å². The van der Waals surface area contributed by atoms with Crippen molar-refractivity contribution in [3.05, 3.63) is 32.9 Å². The van der Waals surface area contributed by atoms with Crippen LogP contribution in [0.5, 0.6) is 0 Å². The SMILES string of the molecule is O=C(O)C1CC=CCC1C(=O)NCc1sccc1Br. The van der Waals surface area contributed by atoms with Crippen molar-refractivity contribution in [3.63, 3.8) is 0 Å². The number of amides is 1. The Bertz CT molecular complexity index is 512. The molecular formula is C13H14BrNO3S. The predicted octanol–water partition coefficient (Wildman–Crippen LogP) is 2.79. The number of hydrogen-bond acceptors (Lipinski definition) is 3. The summed E-state index contributed by atoms with van der Waals surface area (Å²) >= 11 is 4.95. The smallest absolute Gasteiger partial charge is 0.307 e. The number of carboxylic acid groups (broad SMARTS) is 1. The van der Waals surface area contributed by atoms with Gasteiger partial charge < -0.3 is 10.4 Å². The second-order valence-electron chi connectivity index (χ2n) is 4.40. The van der Waals surface area contributed by atoms with Gasteiger partial charge in [-0.3, -0.25) is 9.59 Å². The molecule has 2 rings (SSSR count). The number of carboxylic acids is 1. The molecule has 0 radical (unpaired) electrons. The molecule has 1 aromatic rings. The largest absolute Gasteiger partial charge is 0.481 e. The maximum absolute atomic E-state index is 12.1. The van der Waals surface area contributed by atoms with Crippen molar-refractivity contribution in [3.8, 4) is 0 Å². The Balaban J connectivity index is 1.97. The van der Waals surface area contributed by atoms with Crippen molar-refractivity contribution >= 4 is 39.1 Å². The molecule has 1 heterocycles. The average molecular weight is 344 g/mol. The van der Waals surface area contributed by atoms with E-state index in [0.717, 1.165) is 9.35 Å². The van der Waals surface area contributed by atoms with E-state index in [2.05, 4.69) is 21.2 Å². The molecular weight excluding hydrogens is 330 g/mol. The Hall–Kier alpha value is -1.14. The molecule has 0 saturated carbocycles. The number of halogens is 1. The molecule has 1 aromatic heterocycles. The van der Waals surface area contributed by atoms with Gasteiger partial charge in [-0.2, -0.15) is 0 Å². The van der Waals surface area contributed by atoms with Gasteiger partial charge >= 0.3 is 5.97 Å². The summed E-state index contributed by atoms with van der Waals surface area (Å²) in [6.07, 6.45) is 4.63. The fourth-order valence-electron chi connectivity index (χ4n) is 2.13. The molecule has 0 spiro atoms. The third-order valence-corrected chi connectivity index (χ3v) is 5.13. The predicted molar refractivity (Wildman–Crippen MR) is 76.9 cm³/mol. The zero-order valence-electron chi connectivity index (χ0n) is 10.1. The third-order valence-electron chi connectivity index (χ3n) is 3.20. The molecule has 4 nitrogen and oxygen atoms in total. The molecule has 0 aliphatic heterocycles. The zero-order chi connectivity index (χ0) is 13.8. The topological polar surface area (TPSA) is 66.4 Å². The first kappa shape index (κ1) is 14.3. The first-order valence-electron chi connectivity index (χ1n) is 5.97. The Kier molecular flexibility index (Phi) is 4.76. The Morgan fingerprint density at radius 3 is 2.63 bits per heavy atom. The highest BCUT2D eigenvalue weighted by Crippen LogP contribution is 2.27. The maximum Gasteiger partial charge on any atom is 0.307 e. The number of nitrogens with one attached hydrogen (secondary N) is 1. The number of allylic oxidation sites excluding steroid dienone is 2. The minimum Gasteiger partial charge on any atom is -0.481 e. The van der Waals surface area contributed by atoms with Gasteiger partial charge in [0.15, 0.2) is 0 Å². The van der Waals surface area contributed by atoms with E-state index in [1.807, 2.05) is 23.6 Å². The quantitative estimate of drug-likeness (QED) is 0.826. The molecule has 19 heavy (non-hydrogen) atoms.